The number of amidine groups is 1. The Morgan fingerprint density at radius 1 is 1.03 bits per heavy atom. The van der Waals surface area contributed by atoms with Crippen LogP contribution in [0.3, 0.4) is 0 Å². The molecular weight excluding hydrogens is 406 g/mol. The Labute approximate surface area is 202 Å². The molecule has 2 aliphatic heterocycles. The Hall–Kier alpha value is -1.65. The van der Waals surface area contributed by atoms with Gasteiger partial charge in [0.15, 0.2) is 0 Å². The maximum atomic E-state index is 5.70. The van der Waals surface area contributed by atoms with Crippen LogP contribution >= 0.6 is 0 Å². The van der Waals surface area contributed by atoms with Crippen molar-refractivity contribution in [2.24, 2.45) is 4.99 Å². The summed E-state index contributed by atoms with van der Waals surface area (Å²) in [5.41, 5.74) is 5.81. The van der Waals surface area contributed by atoms with Crippen molar-refractivity contribution in [2.75, 3.05) is 45.9 Å². The van der Waals surface area contributed by atoms with Gasteiger partial charge in [0.2, 0.25) is 0 Å². The van der Waals surface area contributed by atoms with E-state index in [-0.39, 0.29) is 10.8 Å². The van der Waals surface area contributed by atoms with Gasteiger partial charge in [-0.2, -0.15) is 0 Å². The third kappa shape index (κ3) is 5.22. The molecule has 4 rings (SSSR count). The number of ether oxygens (including phenoxy) is 1. The van der Waals surface area contributed by atoms with Gasteiger partial charge in [0, 0.05) is 37.2 Å². The lowest BCUT2D eigenvalue weighted by atomic mass is 9.60. The number of rotatable bonds is 7. The fraction of sp³-hybridized carbons (Fsp3) is 0.690. The standard InChI is InChI=1S/C29H45N3O/c1-6-8-9-10-15-31-16-18-32(19-17-31)23(3)30-27(7-2)24-11-12-25-26(20-24)29(21-33-22-29)14-13-28(25,4)5/h7,11-12,20H,6,8-10,13-19,21-22H2,1-5H3/b27-7-,30-23?. The molecule has 0 N–H and O–H groups in total. The highest BCUT2D eigenvalue weighted by molar-refractivity contribution is 5.86. The highest BCUT2D eigenvalue weighted by Crippen LogP contribution is 2.50. The summed E-state index contributed by atoms with van der Waals surface area (Å²) in [6.07, 6.45) is 10.0. The molecule has 0 radical (unpaired) electrons. The fourth-order valence-electron chi connectivity index (χ4n) is 5.80. The van der Waals surface area contributed by atoms with Gasteiger partial charge in [0.25, 0.3) is 0 Å². The lowest BCUT2D eigenvalue weighted by molar-refractivity contribution is -0.0722. The number of piperazine rings is 1. The average molecular weight is 452 g/mol. The Morgan fingerprint density at radius 3 is 2.42 bits per heavy atom. The van der Waals surface area contributed by atoms with E-state index in [1.165, 1.54) is 61.8 Å². The summed E-state index contributed by atoms with van der Waals surface area (Å²) >= 11 is 0. The molecular formula is C29H45N3O. The summed E-state index contributed by atoms with van der Waals surface area (Å²) in [4.78, 5) is 10.2. The van der Waals surface area contributed by atoms with E-state index in [4.69, 9.17) is 9.73 Å². The van der Waals surface area contributed by atoms with E-state index >= 15 is 0 Å². The first-order valence-corrected chi connectivity index (χ1v) is 13.3. The zero-order valence-corrected chi connectivity index (χ0v) is 21.8. The molecule has 2 heterocycles. The van der Waals surface area contributed by atoms with Gasteiger partial charge in [0.05, 0.1) is 18.9 Å². The molecule has 1 spiro atoms. The second-order valence-electron chi connectivity index (χ2n) is 11.1. The number of hydrogen-bond acceptors (Lipinski definition) is 3. The molecule has 33 heavy (non-hydrogen) atoms. The highest BCUT2D eigenvalue weighted by Gasteiger charge is 2.47. The minimum Gasteiger partial charge on any atom is -0.379 e. The van der Waals surface area contributed by atoms with Crippen molar-refractivity contribution in [3.63, 3.8) is 0 Å². The van der Waals surface area contributed by atoms with E-state index in [0.717, 1.165) is 50.9 Å². The van der Waals surface area contributed by atoms with Gasteiger partial charge in [-0.1, -0.05) is 58.2 Å². The molecule has 4 nitrogen and oxygen atoms in total. The van der Waals surface area contributed by atoms with Gasteiger partial charge in [-0.3, -0.25) is 4.90 Å². The molecule has 0 unspecified atom stereocenters. The summed E-state index contributed by atoms with van der Waals surface area (Å²) < 4.78 is 5.70. The Morgan fingerprint density at radius 2 is 1.79 bits per heavy atom. The second kappa shape index (κ2) is 10.3. The fourth-order valence-corrected chi connectivity index (χ4v) is 5.80. The van der Waals surface area contributed by atoms with E-state index in [1.807, 2.05) is 0 Å². The van der Waals surface area contributed by atoms with Crippen LogP contribution in [0.15, 0.2) is 29.3 Å². The van der Waals surface area contributed by atoms with E-state index in [9.17, 15) is 0 Å². The molecule has 0 saturated carbocycles. The zero-order chi connectivity index (χ0) is 23.5. The quantitative estimate of drug-likeness (QED) is 0.289. The first kappa shape index (κ1) is 24.5. The Bertz CT molecular complexity index is 873. The molecule has 1 aromatic carbocycles. The molecule has 1 aliphatic carbocycles. The van der Waals surface area contributed by atoms with Crippen LogP contribution in [-0.4, -0.2) is 61.6 Å². The number of unbranched alkanes of at least 4 members (excludes halogenated alkanes) is 3. The summed E-state index contributed by atoms with van der Waals surface area (Å²) in [6.45, 7) is 18.8. The SMILES string of the molecule is C/C=C(\N=C(C)N1CCN(CCCCCC)CC1)c1ccc2c(c1)C1(CCC2(C)C)COC1. The monoisotopic (exact) mass is 451 g/mol. The summed E-state index contributed by atoms with van der Waals surface area (Å²) in [5.74, 6) is 1.15. The van der Waals surface area contributed by atoms with Crippen LogP contribution in [0, 0.1) is 0 Å². The van der Waals surface area contributed by atoms with Crippen molar-refractivity contribution in [3.05, 3.63) is 41.0 Å². The number of fused-ring (bicyclic) bond motifs is 2. The first-order valence-electron chi connectivity index (χ1n) is 13.3. The number of allylic oxidation sites excluding steroid dienone is 1. The van der Waals surface area contributed by atoms with Crippen molar-refractivity contribution < 1.29 is 4.74 Å². The first-order chi connectivity index (χ1) is 15.9. The van der Waals surface area contributed by atoms with E-state index < -0.39 is 0 Å². The third-order valence-electron chi connectivity index (χ3n) is 8.31. The van der Waals surface area contributed by atoms with Crippen LogP contribution in [0.2, 0.25) is 0 Å². The van der Waals surface area contributed by atoms with Crippen LogP contribution in [0.5, 0.6) is 0 Å². The maximum Gasteiger partial charge on any atom is 0.102 e. The molecule has 0 atom stereocenters. The van der Waals surface area contributed by atoms with E-state index in [1.54, 1.807) is 0 Å². The lowest BCUT2D eigenvalue weighted by Gasteiger charge is -2.50. The van der Waals surface area contributed by atoms with Gasteiger partial charge < -0.3 is 9.64 Å². The number of benzene rings is 1. The number of hydrogen-bond donors (Lipinski definition) is 0. The molecule has 182 valence electrons. The maximum absolute atomic E-state index is 5.70. The second-order valence-corrected chi connectivity index (χ2v) is 11.1. The number of nitrogens with zero attached hydrogens (tertiary/aromatic N) is 3. The van der Waals surface area contributed by atoms with Crippen LogP contribution in [0.25, 0.3) is 5.70 Å². The van der Waals surface area contributed by atoms with E-state index in [0.29, 0.717) is 0 Å². The summed E-state index contributed by atoms with van der Waals surface area (Å²) in [5, 5.41) is 0. The van der Waals surface area contributed by atoms with Crippen LogP contribution < -0.4 is 0 Å². The normalized spacial score (nSPS) is 22.9. The van der Waals surface area contributed by atoms with Crippen LogP contribution in [0.1, 0.15) is 89.8 Å². The largest absolute Gasteiger partial charge is 0.379 e. The lowest BCUT2D eigenvalue weighted by Crippen LogP contribution is -2.51. The smallest absolute Gasteiger partial charge is 0.102 e. The van der Waals surface area contributed by atoms with Crippen LogP contribution in [0.4, 0.5) is 0 Å². The minimum atomic E-state index is 0.228. The Balaban J connectivity index is 1.45. The molecule has 2 fully saturated rings. The Kier molecular flexibility index (Phi) is 7.65. The zero-order valence-electron chi connectivity index (χ0n) is 21.8. The number of aliphatic imine (C=N–C) groups is 1. The van der Waals surface area contributed by atoms with E-state index in [2.05, 4.69) is 68.7 Å². The van der Waals surface area contributed by atoms with Gasteiger partial charge in [-0.25, -0.2) is 4.99 Å². The molecule has 0 amide bonds. The average Bonchev–Trinajstić information content (AvgIpc) is 2.79. The molecule has 3 aliphatic rings. The van der Waals surface area contributed by atoms with Crippen molar-refractivity contribution in [1.82, 2.24) is 9.80 Å². The summed E-state index contributed by atoms with van der Waals surface area (Å²) in [7, 11) is 0. The molecule has 1 aromatic rings. The van der Waals surface area contributed by atoms with Gasteiger partial charge in [-0.15, -0.1) is 0 Å². The topological polar surface area (TPSA) is 28.1 Å². The summed E-state index contributed by atoms with van der Waals surface area (Å²) in [6, 6.07) is 7.09. The van der Waals surface area contributed by atoms with Crippen LogP contribution in [-0.2, 0) is 15.6 Å². The van der Waals surface area contributed by atoms with Crippen molar-refractivity contribution in [1.29, 1.82) is 0 Å². The predicted molar refractivity (Wildman–Crippen MR) is 140 cm³/mol. The van der Waals surface area contributed by atoms with Crippen molar-refractivity contribution >= 4 is 11.5 Å². The predicted octanol–water partition coefficient (Wildman–Crippen LogP) is 6.00. The van der Waals surface area contributed by atoms with Gasteiger partial charge in [-0.05, 0) is 62.3 Å². The highest BCUT2D eigenvalue weighted by atomic mass is 16.5. The van der Waals surface area contributed by atoms with Crippen molar-refractivity contribution in [3.8, 4) is 0 Å². The molecule has 0 bridgehead atoms. The van der Waals surface area contributed by atoms with Crippen molar-refractivity contribution in [2.45, 2.75) is 84.0 Å². The van der Waals surface area contributed by atoms with Gasteiger partial charge in [0.1, 0.15) is 5.84 Å². The molecule has 4 heteroatoms. The van der Waals surface area contributed by atoms with Gasteiger partial charge >= 0.3 is 0 Å². The molecule has 2 saturated heterocycles. The molecule has 0 aromatic heterocycles. The third-order valence-corrected chi connectivity index (χ3v) is 8.31. The minimum absolute atomic E-state index is 0.228.